The lowest BCUT2D eigenvalue weighted by Gasteiger charge is -2.13. The van der Waals surface area contributed by atoms with Gasteiger partial charge in [-0.1, -0.05) is 17.7 Å². The third-order valence-corrected chi connectivity index (χ3v) is 2.99. The summed E-state index contributed by atoms with van der Waals surface area (Å²) in [4.78, 5) is 3.71. The summed E-state index contributed by atoms with van der Waals surface area (Å²) in [6.45, 7) is 0. The van der Waals surface area contributed by atoms with E-state index in [9.17, 15) is 8.78 Å². The number of hydrogen-bond donors (Lipinski definition) is 1. The van der Waals surface area contributed by atoms with Crippen LogP contribution in [0.3, 0.4) is 0 Å². The summed E-state index contributed by atoms with van der Waals surface area (Å²) in [7, 11) is 0. The summed E-state index contributed by atoms with van der Waals surface area (Å²) >= 11 is 5.91. The van der Waals surface area contributed by atoms with Gasteiger partial charge in [-0.05, 0) is 30.2 Å². The number of rotatable bonds is 3. The number of benzene rings is 1. The van der Waals surface area contributed by atoms with Crippen LogP contribution < -0.4 is 5.73 Å². The van der Waals surface area contributed by atoms with Gasteiger partial charge in [0.2, 0.25) is 0 Å². The van der Waals surface area contributed by atoms with Crippen molar-refractivity contribution in [3.8, 4) is 0 Å². The average molecular weight is 269 g/mol. The summed E-state index contributed by atoms with van der Waals surface area (Å²) in [6.07, 6.45) is 2.74. The van der Waals surface area contributed by atoms with Crippen molar-refractivity contribution >= 4 is 11.6 Å². The molecule has 1 aromatic heterocycles. The molecule has 2 rings (SSSR count). The Morgan fingerprint density at radius 1 is 1.28 bits per heavy atom. The first-order valence-corrected chi connectivity index (χ1v) is 5.74. The molecule has 0 saturated heterocycles. The Hall–Kier alpha value is -1.52. The molecule has 0 aliphatic rings. The molecule has 5 heteroatoms. The van der Waals surface area contributed by atoms with Crippen LogP contribution in [0.15, 0.2) is 36.7 Å². The zero-order chi connectivity index (χ0) is 13.1. The third kappa shape index (κ3) is 2.83. The number of nitrogens with two attached hydrogens (primary N) is 1. The van der Waals surface area contributed by atoms with Crippen LogP contribution in [-0.4, -0.2) is 4.98 Å². The van der Waals surface area contributed by atoms with Crippen molar-refractivity contribution in [2.24, 2.45) is 5.73 Å². The van der Waals surface area contributed by atoms with Crippen molar-refractivity contribution in [2.45, 2.75) is 12.5 Å². The van der Waals surface area contributed by atoms with Gasteiger partial charge in [0.1, 0.15) is 11.6 Å². The van der Waals surface area contributed by atoms with Crippen LogP contribution in [0, 0.1) is 11.6 Å². The summed E-state index contributed by atoms with van der Waals surface area (Å²) in [5.41, 5.74) is 6.74. The Labute approximate surface area is 108 Å². The highest BCUT2D eigenvalue weighted by atomic mass is 35.5. The number of hydrogen-bond acceptors (Lipinski definition) is 2. The number of pyridine rings is 1. The summed E-state index contributed by atoms with van der Waals surface area (Å²) in [6, 6.07) is 5.17. The van der Waals surface area contributed by atoms with E-state index in [4.69, 9.17) is 17.3 Å². The largest absolute Gasteiger partial charge is 0.324 e. The molecule has 18 heavy (non-hydrogen) atoms. The van der Waals surface area contributed by atoms with Gasteiger partial charge in [-0.25, -0.2) is 8.78 Å². The fraction of sp³-hybridized carbons (Fsp3) is 0.154. The van der Waals surface area contributed by atoms with Crippen LogP contribution in [-0.2, 0) is 6.42 Å². The maximum Gasteiger partial charge on any atom is 0.141 e. The van der Waals surface area contributed by atoms with Crippen molar-refractivity contribution in [1.29, 1.82) is 0 Å². The lowest BCUT2D eigenvalue weighted by atomic mass is 10.0. The number of halogens is 3. The molecule has 1 atom stereocenters. The summed E-state index contributed by atoms with van der Waals surface area (Å²) < 4.78 is 26.6. The Bertz CT molecular complexity index is 540. The molecule has 0 aliphatic heterocycles. The highest BCUT2D eigenvalue weighted by molar-refractivity contribution is 6.31. The van der Waals surface area contributed by atoms with Gasteiger partial charge in [0.15, 0.2) is 0 Å². The highest BCUT2D eigenvalue weighted by Crippen LogP contribution is 2.24. The molecule has 94 valence electrons. The lowest BCUT2D eigenvalue weighted by molar-refractivity contribution is 0.587. The van der Waals surface area contributed by atoms with E-state index in [0.29, 0.717) is 16.1 Å². The van der Waals surface area contributed by atoms with Gasteiger partial charge in [0.05, 0.1) is 6.20 Å². The van der Waals surface area contributed by atoms with Crippen LogP contribution in [0.25, 0.3) is 0 Å². The zero-order valence-electron chi connectivity index (χ0n) is 9.41. The molecular weight excluding hydrogens is 258 g/mol. The molecule has 0 radical (unpaired) electrons. The van der Waals surface area contributed by atoms with E-state index in [1.54, 1.807) is 6.07 Å². The molecule has 1 aromatic carbocycles. The quantitative estimate of drug-likeness (QED) is 0.928. The van der Waals surface area contributed by atoms with E-state index in [2.05, 4.69) is 4.98 Å². The van der Waals surface area contributed by atoms with Gasteiger partial charge in [-0.3, -0.25) is 4.98 Å². The SMILES string of the molecule is NC(Cc1c(F)cccc1Cl)c1cncc(F)c1. The van der Waals surface area contributed by atoms with Crippen molar-refractivity contribution in [2.75, 3.05) is 0 Å². The molecule has 2 nitrogen and oxygen atoms in total. The maximum absolute atomic E-state index is 13.6. The minimum absolute atomic E-state index is 0.191. The van der Waals surface area contributed by atoms with Crippen LogP contribution in [0.5, 0.6) is 0 Å². The zero-order valence-corrected chi connectivity index (χ0v) is 10.2. The number of aromatic nitrogens is 1. The first kappa shape index (κ1) is 12.9. The van der Waals surface area contributed by atoms with Crippen LogP contribution >= 0.6 is 11.6 Å². The molecule has 0 bridgehead atoms. The van der Waals surface area contributed by atoms with Crippen molar-refractivity contribution in [3.63, 3.8) is 0 Å². The Morgan fingerprint density at radius 2 is 2.06 bits per heavy atom. The second-order valence-corrected chi connectivity index (χ2v) is 4.35. The van der Waals surface area contributed by atoms with E-state index in [1.807, 2.05) is 0 Å². The smallest absolute Gasteiger partial charge is 0.141 e. The van der Waals surface area contributed by atoms with Crippen molar-refractivity contribution in [3.05, 3.63) is 64.4 Å². The van der Waals surface area contributed by atoms with Gasteiger partial charge >= 0.3 is 0 Å². The normalized spacial score (nSPS) is 12.4. The topological polar surface area (TPSA) is 38.9 Å². The van der Waals surface area contributed by atoms with E-state index < -0.39 is 17.7 Å². The molecule has 0 spiro atoms. The first-order chi connectivity index (χ1) is 8.58. The summed E-state index contributed by atoms with van der Waals surface area (Å²) in [5.74, 6) is -0.884. The Balaban J connectivity index is 2.24. The fourth-order valence-corrected chi connectivity index (χ4v) is 1.94. The standard InChI is InChI=1S/C13H11ClF2N2/c14-11-2-1-3-12(16)10(11)5-13(17)8-4-9(15)7-18-6-8/h1-4,6-7,13H,5,17H2. The predicted octanol–water partition coefficient (Wildman–Crippen LogP) is 3.26. The summed E-state index contributed by atoms with van der Waals surface area (Å²) in [5, 5.41) is 0.315. The van der Waals surface area contributed by atoms with Crippen LogP contribution in [0.2, 0.25) is 5.02 Å². The third-order valence-electron chi connectivity index (χ3n) is 2.64. The average Bonchev–Trinajstić information content (AvgIpc) is 2.34. The molecule has 1 heterocycles. The Morgan fingerprint density at radius 3 is 2.72 bits per heavy atom. The van der Waals surface area contributed by atoms with Crippen molar-refractivity contribution < 1.29 is 8.78 Å². The van der Waals surface area contributed by atoms with E-state index in [1.165, 1.54) is 24.4 Å². The molecule has 0 saturated carbocycles. The molecule has 0 fully saturated rings. The second-order valence-electron chi connectivity index (χ2n) is 3.95. The Kier molecular flexibility index (Phi) is 3.89. The van der Waals surface area contributed by atoms with Crippen LogP contribution in [0.1, 0.15) is 17.2 Å². The van der Waals surface area contributed by atoms with Gasteiger partial charge in [-0.2, -0.15) is 0 Å². The monoisotopic (exact) mass is 268 g/mol. The minimum Gasteiger partial charge on any atom is -0.324 e. The van der Waals surface area contributed by atoms with E-state index in [0.717, 1.165) is 6.20 Å². The van der Waals surface area contributed by atoms with Crippen molar-refractivity contribution in [1.82, 2.24) is 4.98 Å². The molecular formula is C13H11ClF2N2. The molecule has 1 unspecified atom stereocenters. The second kappa shape index (κ2) is 5.42. The highest BCUT2D eigenvalue weighted by Gasteiger charge is 2.14. The molecule has 2 aromatic rings. The fourth-order valence-electron chi connectivity index (χ4n) is 1.70. The first-order valence-electron chi connectivity index (χ1n) is 5.37. The van der Waals surface area contributed by atoms with Gasteiger partial charge in [-0.15, -0.1) is 0 Å². The predicted molar refractivity (Wildman–Crippen MR) is 66.2 cm³/mol. The molecule has 2 N–H and O–H groups in total. The van der Waals surface area contributed by atoms with Gasteiger partial charge < -0.3 is 5.73 Å². The lowest BCUT2D eigenvalue weighted by Crippen LogP contribution is -2.15. The van der Waals surface area contributed by atoms with E-state index in [-0.39, 0.29) is 6.42 Å². The minimum atomic E-state index is -0.553. The number of nitrogens with zero attached hydrogens (tertiary/aromatic N) is 1. The molecule has 0 amide bonds. The van der Waals surface area contributed by atoms with Gasteiger partial charge in [0.25, 0.3) is 0 Å². The van der Waals surface area contributed by atoms with E-state index >= 15 is 0 Å². The maximum atomic E-state index is 13.6. The van der Waals surface area contributed by atoms with Gasteiger partial charge in [0, 0.05) is 22.8 Å². The molecule has 0 aliphatic carbocycles. The van der Waals surface area contributed by atoms with Crippen LogP contribution in [0.4, 0.5) is 8.78 Å².